The quantitative estimate of drug-likeness (QED) is 0.771. The van der Waals surface area contributed by atoms with Crippen molar-refractivity contribution in [3.63, 3.8) is 0 Å². The molecule has 0 spiro atoms. The number of hydrogen-bond donors (Lipinski definition) is 1. The Kier molecular flexibility index (Phi) is 3.88. The van der Waals surface area contributed by atoms with Gasteiger partial charge in [0.2, 0.25) is 0 Å². The summed E-state index contributed by atoms with van der Waals surface area (Å²) >= 11 is 0. The van der Waals surface area contributed by atoms with Gasteiger partial charge in [-0.3, -0.25) is 19.1 Å². The topological polar surface area (TPSA) is 71.7 Å². The molecule has 0 bridgehead atoms. The summed E-state index contributed by atoms with van der Waals surface area (Å²) in [5.74, 6) is -2.89. The van der Waals surface area contributed by atoms with Crippen LogP contribution in [0.4, 0.5) is 4.39 Å². The monoisotopic (exact) mass is 350 g/mol. The second-order valence-electron chi connectivity index (χ2n) is 6.15. The lowest BCUT2D eigenvalue weighted by Gasteiger charge is -2.13. The van der Waals surface area contributed by atoms with Crippen molar-refractivity contribution in [2.75, 3.05) is 6.54 Å². The molecule has 4 rings (SSSR count). The van der Waals surface area contributed by atoms with Crippen LogP contribution in [0.2, 0.25) is 0 Å². The van der Waals surface area contributed by atoms with Crippen LogP contribution in [-0.2, 0) is 11.2 Å². The van der Waals surface area contributed by atoms with Gasteiger partial charge in [0.25, 0.3) is 5.91 Å². The number of aliphatic imine (C=N–C) groups is 1. The van der Waals surface area contributed by atoms with E-state index in [1.807, 2.05) is 12.1 Å². The molecule has 1 aromatic heterocycles. The number of hydrogen-bond acceptors (Lipinski definition) is 3. The highest BCUT2D eigenvalue weighted by Gasteiger charge is 2.31. The summed E-state index contributed by atoms with van der Waals surface area (Å²) in [4.78, 5) is 29.2. The number of carboxylic acid groups (broad SMARTS) is 1. The van der Waals surface area contributed by atoms with Crippen LogP contribution >= 0.6 is 0 Å². The minimum Gasteiger partial charge on any atom is -0.480 e. The van der Waals surface area contributed by atoms with Gasteiger partial charge in [-0.05, 0) is 42.3 Å². The Bertz CT molecular complexity index is 1050. The Labute approximate surface area is 148 Å². The Morgan fingerprint density at radius 2 is 1.85 bits per heavy atom. The molecule has 6 heteroatoms. The fraction of sp³-hybridized carbons (Fsp3) is 0.150. The van der Waals surface area contributed by atoms with E-state index in [0.717, 1.165) is 10.9 Å². The van der Waals surface area contributed by atoms with Gasteiger partial charge in [-0.25, -0.2) is 4.39 Å². The van der Waals surface area contributed by atoms with E-state index < -0.39 is 17.7 Å². The van der Waals surface area contributed by atoms with Gasteiger partial charge in [0, 0.05) is 29.4 Å². The van der Waals surface area contributed by atoms with Gasteiger partial charge < -0.3 is 5.11 Å². The molecule has 0 radical (unpaired) electrons. The Morgan fingerprint density at radius 3 is 2.58 bits per heavy atom. The molecule has 26 heavy (non-hydrogen) atoms. The highest BCUT2D eigenvalue weighted by atomic mass is 19.1. The van der Waals surface area contributed by atoms with Crippen molar-refractivity contribution in [3.8, 4) is 0 Å². The fourth-order valence-electron chi connectivity index (χ4n) is 3.46. The zero-order chi connectivity index (χ0) is 18.3. The first-order valence-electron chi connectivity index (χ1n) is 8.23. The number of carbonyl (C=O) groups is 2. The van der Waals surface area contributed by atoms with E-state index in [-0.39, 0.29) is 5.91 Å². The molecule has 0 fully saturated rings. The lowest BCUT2D eigenvalue weighted by Crippen LogP contribution is -2.22. The predicted molar refractivity (Wildman–Crippen MR) is 95.5 cm³/mol. The maximum Gasteiger partial charge on any atom is 0.318 e. The summed E-state index contributed by atoms with van der Waals surface area (Å²) in [5.41, 5.74) is 2.18. The van der Waals surface area contributed by atoms with Crippen molar-refractivity contribution < 1.29 is 19.1 Å². The molecule has 130 valence electrons. The second-order valence-corrected chi connectivity index (χ2v) is 6.15. The minimum absolute atomic E-state index is 0.292. The normalized spacial score (nSPS) is 16.3. The van der Waals surface area contributed by atoms with Crippen molar-refractivity contribution >= 4 is 29.0 Å². The zero-order valence-electron chi connectivity index (χ0n) is 13.7. The zero-order valence-corrected chi connectivity index (χ0v) is 13.7. The van der Waals surface area contributed by atoms with Gasteiger partial charge in [-0.15, -0.1) is 0 Å². The van der Waals surface area contributed by atoms with Crippen molar-refractivity contribution in [2.45, 2.75) is 12.3 Å². The molecule has 0 aliphatic carbocycles. The minimum atomic E-state index is -1.06. The number of para-hydroxylation sites is 1. The molecule has 0 amide bonds. The fourth-order valence-corrected chi connectivity index (χ4v) is 3.46. The van der Waals surface area contributed by atoms with Crippen LogP contribution in [0.25, 0.3) is 10.9 Å². The van der Waals surface area contributed by atoms with Crippen molar-refractivity contribution in [1.29, 1.82) is 0 Å². The lowest BCUT2D eigenvalue weighted by molar-refractivity contribution is -0.137. The van der Waals surface area contributed by atoms with E-state index in [4.69, 9.17) is 0 Å². The number of carboxylic acids is 1. The van der Waals surface area contributed by atoms with Gasteiger partial charge in [0.1, 0.15) is 11.7 Å². The van der Waals surface area contributed by atoms with E-state index in [2.05, 4.69) is 4.99 Å². The number of aliphatic carboxylic acids is 1. The highest BCUT2D eigenvalue weighted by molar-refractivity contribution is 6.07. The number of carbonyl (C=O) groups excluding carboxylic acids is 1. The van der Waals surface area contributed by atoms with Crippen LogP contribution in [0.15, 0.2) is 53.5 Å². The van der Waals surface area contributed by atoms with Gasteiger partial charge in [-0.2, -0.15) is 0 Å². The second kappa shape index (κ2) is 6.22. The maximum atomic E-state index is 13.2. The molecular formula is C20H15FN2O3. The molecule has 2 aromatic carbocycles. The first kappa shape index (κ1) is 16.2. The highest BCUT2D eigenvalue weighted by Crippen LogP contribution is 2.33. The standard InChI is InChI=1S/C20H15FN2O3/c21-13-7-5-12(6-8-13)19(24)23-17-4-2-1-3-14(17)15-9-10-22-11-16(18(15)23)20(25)26/h1-8,11,16H,9-10H2,(H,25,26). The molecule has 1 aliphatic heterocycles. The average Bonchev–Trinajstić information content (AvgIpc) is 2.80. The number of fused-ring (bicyclic) bond motifs is 3. The number of rotatable bonds is 2. The molecule has 3 aromatic rings. The number of benzene rings is 2. The third kappa shape index (κ3) is 2.50. The first-order valence-corrected chi connectivity index (χ1v) is 8.23. The van der Waals surface area contributed by atoms with Crippen LogP contribution in [-0.4, -0.2) is 34.3 Å². The van der Waals surface area contributed by atoms with Gasteiger partial charge in [0.05, 0.1) is 5.52 Å². The molecule has 1 aliphatic rings. The largest absolute Gasteiger partial charge is 0.480 e. The summed E-state index contributed by atoms with van der Waals surface area (Å²) in [7, 11) is 0. The molecule has 0 saturated carbocycles. The Balaban J connectivity index is 2.02. The van der Waals surface area contributed by atoms with E-state index in [9.17, 15) is 19.1 Å². The molecule has 5 nitrogen and oxygen atoms in total. The Hall–Kier alpha value is -3.28. The SMILES string of the molecule is O=C(O)C1C=NCCc2c1n(C(=O)c1ccc(F)cc1)c1ccccc21. The average molecular weight is 350 g/mol. The van der Waals surface area contributed by atoms with Crippen molar-refractivity contribution in [2.24, 2.45) is 4.99 Å². The van der Waals surface area contributed by atoms with E-state index in [1.165, 1.54) is 35.0 Å². The van der Waals surface area contributed by atoms with Crippen molar-refractivity contribution in [3.05, 3.63) is 71.2 Å². The van der Waals surface area contributed by atoms with Crippen LogP contribution in [0.5, 0.6) is 0 Å². The van der Waals surface area contributed by atoms with Crippen LogP contribution in [0.1, 0.15) is 27.5 Å². The number of halogens is 1. The summed E-state index contributed by atoms with van der Waals surface area (Å²) in [5, 5.41) is 10.5. The molecule has 1 atom stereocenters. The van der Waals surface area contributed by atoms with Gasteiger partial charge in [0.15, 0.2) is 0 Å². The third-order valence-electron chi connectivity index (χ3n) is 4.62. The lowest BCUT2D eigenvalue weighted by atomic mass is 10.00. The summed E-state index contributed by atoms with van der Waals surface area (Å²) in [6, 6.07) is 12.6. The smallest absolute Gasteiger partial charge is 0.318 e. The van der Waals surface area contributed by atoms with E-state index in [0.29, 0.717) is 29.7 Å². The van der Waals surface area contributed by atoms with Gasteiger partial charge >= 0.3 is 5.97 Å². The van der Waals surface area contributed by atoms with Crippen LogP contribution in [0, 0.1) is 5.82 Å². The molecular weight excluding hydrogens is 335 g/mol. The maximum absolute atomic E-state index is 13.2. The Morgan fingerprint density at radius 1 is 1.12 bits per heavy atom. The molecule has 2 heterocycles. The number of aromatic nitrogens is 1. The van der Waals surface area contributed by atoms with E-state index >= 15 is 0 Å². The van der Waals surface area contributed by atoms with Gasteiger partial charge in [-0.1, -0.05) is 18.2 Å². The number of nitrogens with zero attached hydrogens (tertiary/aromatic N) is 2. The molecule has 0 saturated heterocycles. The third-order valence-corrected chi connectivity index (χ3v) is 4.62. The summed E-state index contributed by atoms with van der Waals surface area (Å²) < 4.78 is 14.7. The van der Waals surface area contributed by atoms with E-state index in [1.54, 1.807) is 12.1 Å². The first-order chi connectivity index (χ1) is 12.6. The molecule has 1 N–H and O–H groups in total. The predicted octanol–water partition coefficient (Wildman–Crippen LogP) is 3.26. The van der Waals surface area contributed by atoms with Crippen LogP contribution in [0.3, 0.4) is 0 Å². The molecule has 1 unspecified atom stereocenters. The summed E-state index contributed by atoms with van der Waals surface area (Å²) in [6.07, 6.45) is 1.95. The van der Waals surface area contributed by atoms with Crippen molar-refractivity contribution in [1.82, 2.24) is 4.57 Å². The summed E-state index contributed by atoms with van der Waals surface area (Å²) in [6.45, 7) is 0.468. The van der Waals surface area contributed by atoms with Crippen LogP contribution < -0.4 is 0 Å².